The smallest absolute Gasteiger partial charge is 0.251 e. The van der Waals surface area contributed by atoms with Crippen molar-refractivity contribution in [3.8, 4) is 0 Å². The summed E-state index contributed by atoms with van der Waals surface area (Å²) in [6.45, 7) is 0.631. The number of nitrogens with one attached hydrogen (secondary N) is 3. The highest BCUT2D eigenvalue weighted by Gasteiger charge is 2.41. The average Bonchev–Trinajstić information content (AvgIpc) is 3.28. The van der Waals surface area contributed by atoms with E-state index in [-0.39, 0.29) is 23.9 Å². The third kappa shape index (κ3) is 2.34. The Bertz CT molecular complexity index is 1030. The predicted octanol–water partition coefficient (Wildman–Crippen LogP) is 2.50. The van der Waals surface area contributed by atoms with Gasteiger partial charge in [0.25, 0.3) is 5.91 Å². The summed E-state index contributed by atoms with van der Waals surface area (Å²) in [5.41, 5.74) is 3.41. The molecule has 5 rings (SSSR count). The molecule has 1 fully saturated rings. The fourth-order valence-corrected chi connectivity index (χ4v) is 3.96. The van der Waals surface area contributed by atoms with Crippen molar-refractivity contribution < 1.29 is 9.59 Å². The number of hydrogen-bond donors (Lipinski definition) is 3. The van der Waals surface area contributed by atoms with Gasteiger partial charge in [0, 0.05) is 29.9 Å². The van der Waals surface area contributed by atoms with Crippen molar-refractivity contribution in [1.29, 1.82) is 0 Å². The number of H-pyrrole nitrogens is 1. The monoisotopic (exact) mass is 346 g/mol. The van der Waals surface area contributed by atoms with Gasteiger partial charge in [-0.15, -0.1) is 0 Å². The predicted molar refractivity (Wildman–Crippen MR) is 100 cm³/mol. The van der Waals surface area contributed by atoms with E-state index < -0.39 is 0 Å². The molecule has 0 aliphatic carbocycles. The molecule has 3 aromatic rings. The van der Waals surface area contributed by atoms with E-state index >= 15 is 0 Å². The summed E-state index contributed by atoms with van der Waals surface area (Å²) in [4.78, 5) is 30.3. The highest BCUT2D eigenvalue weighted by atomic mass is 16.2. The van der Waals surface area contributed by atoms with E-state index in [1.807, 2.05) is 54.7 Å². The molecule has 3 N–H and O–H groups in total. The zero-order chi connectivity index (χ0) is 17.7. The van der Waals surface area contributed by atoms with Gasteiger partial charge in [-0.25, -0.2) is 0 Å². The van der Waals surface area contributed by atoms with E-state index in [9.17, 15) is 9.59 Å². The lowest BCUT2D eigenvalue weighted by Crippen LogP contribution is -2.44. The van der Waals surface area contributed by atoms with Crippen LogP contribution >= 0.6 is 0 Å². The number of fused-ring (bicyclic) bond motifs is 4. The maximum Gasteiger partial charge on any atom is 0.251 e. The maximum absolute atomic E-state index is 12.7. The topological polar surface area (TPSA) is 77.2 Å². The van der Waals surface area contributed by atoms with Crippen LogP contribution in [0.5, 0.6) is 0 Å². The van der Waals surface area contributed by atoms with Gasteiger partial charge in [0.15, 0.2) is 0 Å². The molecule has 0 bridgehead atoms. The Balaban J connectivity index is 1.36. The summed E-state index contributed by atoms with van der Waals surface area (Å²) in [7, 11) is 0. The summed E-state index contributed by atoms with van der Waals surface area (Å²) in [5.74, 6) is -0.117. The third-order valence-electron chi connectivity index (χ3n) is 5.23. The Kier molecular flexibility index (Phi) is 3.25. The molecule has 0 radical (unpaired) electrons. The second-order valence-corrected chi connectivity index (χ2v) is 6.86. The molecular weight excluding hydrogens is 328 g/mol. The van der Waals surface area contributed by atoms with Crippen LogP contribution in [0.1, 0.15) is 16.8 Å². The van der Waals surface area contributed by atoms with Gasteiger partial charge in [-0.1, -0.05) is 18.2 Å². The normalized spacial score (nSPS) is 21.2. The Morgan fingerprint density at radius 3 is 2.96 bits per heavy atom. The Morgan fingerprint density at radius 2 is 2.04 bits per heavy atom. The van der Waals surface area contributed by atoms with Gasteiger partial charge < -0.3 is 20.5 Å². The van der Waals surface area contributed by atoms with Crippen molar-refractivity contribution in [1.82, 2.24) is 10.3 Å². The van der Waals surface area contributed by atoms with Crippen molar-refractivity contribution >= 4 is 34.1 Å². The molecule has 6 heteroatoms. The number of amides is 2. The SMILES string of the molecule is O=C(NC1CC2C(=O)Nc3ccccc3N2C1)c1ccc2cc[nH]c2c1. The van der Waals surface area contributed by atoms with Crippen LogP contribution in [0.4, 0.5) is 11.4 Å². The third-order valence-corrected chi connectivity index (χ3v) is 5.23. The molecule has 2 amide bonds. The number of carbonyl (C=O) groups excluding carboxylic acids is 2. The molecule has 0 saturated carbocycles. The van der Waals surface area contributed by atoms with Crippen molar-refractivity contribution in [3.63, 3.8) is 0 Å². The van der Waals surface area contributed by atoms with Gasteiger partial charge in [0.1, 0.15) is 6.04 Å². The van der Waals surface area contributed by atoms with Gasteiger partial charge >= 0.3 is 0 Å². The molecule has 2 aliphatic rings. The summed E-state index contributed by atoms with van der Waals surface area (Å²) < 4.78 is 0. The van der Waals surface area contributed by atoms with Gasteiger partial charge in [-0.2, -0.15) is 0 Å². The number of para-hydroxylation sites is 2. The van der Waals surface area contributed by atoms with Crippen molar-refractivity contribution in [2.24, 2.45) is 0 Å². The van der Waals surface area contributed by atoms with Crippen LogP contribution in [0.15, 0.2) is 54.7 Å². The highest BCUT2D eigenvalue weighted by molar-refractivity contribution is 6.04. The maximum atomic E-state index is 12.7. The van der Waals surface area contributed by atoms with Crippen LogP contribution < -0.4 is 15.5 Å². The van der Waals surface area contributed by atoms with Crippen molar-refractivity contribution in [2.45, 2.75) is 18.5 Å². The van der Waals surface area contributed by atoms with Gasteiger partial charge in [0.2, 0.25) is 5.91 Å². The fourth-order valence-electron chi connectivity index (χ4n) is 3.96. The molecule has 26 heavy (non-hydrogen) atoms. The molecule has 130 valence electrons. The number of aromatic nitrogens is 1. The van der Waals surface area contributed by atoms with E-state index in [2.05, 4.69) is 20.5 Å². The van der Waals surface area contributed by atoms with E-state index in [0.29, 0.717) is 18.5 Å². The second kappa shape index (κ2) is 5.62. The minimum absolute atomic E-state index is 0.00625. The zero-order valence-electron chi connectivity index (χ0n) is 14.0. The molecule has 2 atom stereocenters. The van der Waals surface area contributed by atoms with E-state index in [0.717, 1.165) is 22.3 Å². The molecule has 2 aliphatic heterocycles. The molecular formula is C20H18N4O2. The van der Waals surface area contributed by atoms with Crippen molar-refractivity contribution in [2.75, 3.05) is 16.8 Å². The number of hydrogen-bond acceptors (Lipinski definition) is 3. The van der Waals surface area contributed by atoms with E-state index in [1.165, 1.54) is 0 Å². The highest BCUT2D eigenvalue weighted by Crippen LogP contribution is 2.36. The summed E-state index contributed by atoms with van der Waals surface area (Å²) in [5, 5.41) is 7.12. The molecule has 1 saturated heterocycles. The number of aromatic amines is 1. The Morgan fingerprint density at radius 1 is 1.15 bits per heavy atom. The lowest BCUT2D eigenvalue weighted by Gasteiger charge is -2.32. The lowest BCUT2D eigenvalue weighted by atomic mass is 10.1. The first-order valence-electron chi connectivity index (χ1n) is 8.73. The summed E-state index contributed by atoms with van der Waals surface area (Å²) in [6, 6.07) is 15.1. The second-order valence-electron chi connectivity index (χ2n) is 6.86. The first-order chi connectivity index (χ1) is 12.7. The fraction of sp³-hybridized carbons (Fsp3) is 0.200. The first-order valence-corrected chi connectivity index (χ1v) is 8.73. The minimum atomic E-state index is -0.235. The zero-order valence-corrected chi connectivity index (χ0v) is 14.0. The molecule has 2 aromatic carbocycles. The van der Waals surface area contributed by atoms with E-state index in [4.69, 9.17) is 0 Å². The van der Waals surface area contributed by atoms with Crippen LogP contribution in [0.2, 0.25) is 0 Å². The summed E-state index contributed by atoms with van der Waals surface area (Å²) >= 11 is 0. The molecule has 2 unspecified atom stereocenters. The van der Waals surface area contributed by atoms with Crippen LogP contribution in [-0.2, 0) is 4.79 Å². The average molecular weight is 346 g/mol. The number of rotatable bonds is 2. The van der Waals surface area contributed by atoms with Crippen molar-refractivity contribution in [3.05, 3.63) is 60.3 Å². The molecule has 3 heterocycles. The van der Waals surface area contributed by atoms with E-state index in [1.54, 1.807) is 0 Å². The van der Waals surface area contributed by atoms with Crippen LogP contribution in [-0.4, -0.2) is 35.4 Å². The molecule has 0 spiro atoms. The minimum Gasteiger partial charge on any atom is -0.361 e. The molecule has 6 nitrogen and oxygen atoms in total. The summed E-state index contributed by atoms with van der Waals surface area (Å²) in [6.07, 6.45) is 2.47. The number of carbonyl (C=O) groups is 2. The standard InChI is InChI=1S/C20H18N4O2/c25-19(13-6-5-12-7-8-21-16(12)9-13)22-14-10-18-20(26)23-15-3-1-2-4-17(15)24(18)11-14/h1-9,14,18,21H,10-11H2,(H,22,25)(H,23,26). The van der Waals surface area contributed by atoms with Crippen LogP contribution in [0.3, 0.4) is 0 Å². The van der Waals surface area contributed by atoms with Crippen LogP contribution in [0, 0.1) is 0 Å². The Labute approximate surface area is 150 Å². The molecule has 1 aromatic heterocycles. The largest absolute Gasteiger partial charge is 0.361 e. The number of nitrogens with zero attached hydrogens (tertiary/aromatic N) is 1. The Hall–Kier alpha value is -3.28. The van der Waals surface area contributed by atoms with Crippen LogP contribution in [0.25, 0.3) is 10.9 Å². The lowest BCUT2D eigenvalue weighted by molar-refractivity contribution is -0.117. The quantitative estimate of drug-likeness (QED) is 0.667. The number of benzene rings is 2. The van der Waals surface area contributed by atoms with Gasteiger partial charge in [0.05, 0.1) is 11.4 Å². The first kappa shape index (κ1) is 15.0. The van der Waals surface area contributed by atoms with Gasteiger partial charge in [-0.3, -0.25) is 9.59 Å². The number of anilines is 2. The van der Waals surface area contributed by atoms with Gasteiger partial charge in [-0.05, 0) is 42.1 Å².